The summed E-state index contributed by atoms with van der Waals surface area (Å²) in [4.78, 5) is 8.30. The molecule has 0 saturated carbocycles. The number of nitrogens with two attached hydrogens (primary N) is 2. The van der Waals surface area contributed by atoms with E-state index in [1.807, 2.05) is 27.7 Å². The molecular weight excluding hydrogens is 380 g/mol. The molecule has 28 heavy (non-hydrogen) atoms. The molecule has 0 aliphatic rings. The predicted octanol–water partition coefficient (Wildman–Crippen LogP) is 3.17. The number of benzene rings is 1. The maximum Gasteiger partial charge on any atom is 0.222 e. The molecule has 0 unspecified atom stereocenters. The first-order valence-electron chi connectivity index (χ1n) is 8.95. The summed E-state index contributed by atoms with van der Waals surface area (Å²) in [7, 11) is -2.10. The van der Waals surface area contributed by atoms with Crippen LogP contribution in [0.4, 0.5) is 11.8 Å². The number of nitrogens with zero attached hydrogens (tertiary/aromatic N) is 2. The molecule has 2 aromatic rings. The molecule has 0 aliphatic carbocycles. The maximum absolute atomic E-state index is 12.2. The predicted molar refractivity (Wildman–Crippen MR) is 110 cm³/mol. The van der Waals surface area contributed by atoms with Crippen molar-refractivity contribution in [1.29, 1.82) is 0 Å². The Kier molecular flexibility index (Phi) is 6.38. The van der Waals surface area contributed by atoms with Crippen molar-refractivity contribution in [1.82, 2.24) is 9.97 Å². The minimum Gasteiger partial charge on any atom is -0.495 e. The zero-order valence-corrected chi connectivity index (χ0v) is 17.9. The fourth-order valence-electron chi connectivity index (χ4n) is 2.83. The summed E-state index contributed by atoms with van der Waals surface area (Å²) < 4.78 is 35.8. The Morgan fingerprint density at radius 1 is 1.07 bits per heavy atom. The van der Waals surface area contributed by atoms with Gasteiger partial charge in [-0.05, 0) is 24.3 Å². The van der Waals surface area contributed by atoms with Gasteiger partial charge >= 0.3 is 0 Å². The van der Waals surface area contributed by atoms with Crippen molar-refractivity contribution in [3.05, 3.63) is 23.4 Å². The van der Waals surface area contributed by atoms with Crippen LogP contribution in [0.1, 0.15) is 44.9 Å². The number of methoxy groups -OCH3 is 1. The van der Waals surface area contributed by atoms with Crippen LogP contribution in [0.25, 0.3) is 0 Å². The number of nitrogen functional groups attached to an aromatic ring is 2. The van der Waals surface area contributed by atoms with Crippen molar-refractivity contribution in [3.8, 4) is 17.2 Å². The first-order chi connectivity index (χ1) is 12.9. The Bertz CT molecular complexity index is 972. The first-order valence-corrected chi connectivity index (χ1v) is 10.8. The third kappa shape index (κ3) is 4.83. The molecule has 1 aromatic heterocycles. The second-order valence-electron chi connectivity index (χ2n) is 7.41. The third-order valence-electron chi connectivity index (χ3n) is 4.11. The molecular formula is C19H28N4O4S. The molecule has 1 heterocycles. The summed E-state index contributed by atoms with van der Waals surface area (Å²) in [6.07, 6.45) is 1.70. The highest BCUT2D eigenvalue weighted by molar-refractivity contribution is 7.90. The van der Waals surface area contributed by atoms with Crippen LogP contribution in [0.15, 0.2) is 17.0 Å². The van der Waals surface area contributed by atoms with Gasteiger partial charge in [0.15, 0.2) is 21.4 Å². The van der Waals surface area contributed by atoms with E-state index in [9.17, 15) is 8.42 Å². The average Bonchev–Trinajstić information content (AvgIpc) is 2.55. The van der Waals surface area contributed by atoms with E-state index in [0.29, 0.717) is 17.9 Å². The highest BCUT2D eigenvalue weighted by Gasteiger charge is 2.23. The number of hydrogen-bond acceptors (Lipinski definition) is 8. The van der Waals surface area contributed by atoms with Crippen molar-refractivity contribution in [3.63, 3.8) is 0 Å². The van der Waals surface area contributed by atoms with E-state index in [1.165, 1.54) is 13.2 Å². The lowest BCUT2D eigenvalue weighted by Gasteiger charge is -2.20. The van der Waals surface area contributed by atoms with Gasteiger partial charge in [-0.1, -0.05) is 27.7 Å². The van der Waals surface area contributed by atoms with Crippen molar-refractivity contribution in [2.75, 3.05) is 24.8 Å². The minimum atomic E-state index is -3.54. The van der Waals surface area contributed by atoms with Gasteiger partial charge < -0.3 is 20.9 Å². The number of rotatable bonds is 7. The molecule has 154 valence electrons. The lowest BCUT2D eigenvalue weighted by molar-refractivity contribution is 0.397. The smallest absolute Gasteiger partial charge is 0.222 e. The lowest BCUT2D eigenvalue weighted by atomic mass is 10.0. The minimum absolute atomic E-state index is 0.0368. The lowest BCUT2D eigenvalue weighted by Crippen LogP contribution is -2.10. The number of sulfone groups is 1. The molecule has 0 saturated heterocycles. The first kappa shape index (κ1) is 21.7. The van der Waals surface area contributed by atoms with Gasteiger partial charge in [0.05, 0.1) is 12.8 Å². The molecule has 4 N–H and O–H groups in total. The summed E-state index contributed by atoms with van der Waals surface area (Å²) in [5, 5.41) is 0. The summed E-state index contributed by atoms with van der Waals surface area (Å²) in [5.74, 6) is 1.41. The highest BCUT2D eigenvalue weighted by Crippen LogP contribution is 2.40. The van der Waals surface area contributed by atoms with Gasteiger partial charge in [0, 0.05) is 17.9 Å². The van der Waals surface area contributed by atoms with Crippen LogP contribution in [0, 0.1) is 5.92 Å². The van der Waals surface area contributed by atoms with E-state index in [1.54, 1.807) is 6.07 Å². The highest BCUT2D eigenvalue weighted by atomic mass is 32.2. The molecule has 8 nitrogen and oxygen atoms in total. The van der Waals surface area contributed by atoms with Gasteiger partial charge in [-0.25, -0.2) is 13.4 Å². The largest absolute Gasteiger partial charge is 0.495 e. The fourth-order valence-corrected chi connectivity index (χ4v) is 3.66. The number of ether oxygens (including phenoxy) is 2. The van der Waals surface area contributed by atoms with Gasteiger partial charge in [-0.2, -0.15) is 4.98 Å². The summed E-state index contributed by atoms with van der Waals surface area (Å²) in [6.45, 7) is 8.01. The topological polar surface area (TPSA) is 130 Å². The second kappa shape index (κ2) is 8.22. The Hall–Kier alpha value is -2.55. The Labute approximate surface area is 166 Å². The average molecular weight is 409 g/mol. The van der Waals surface area contributed by atoms with Crippen molar-refractivity contribution >= 4 is 21.6 Å². The molecule has 0 atom stereocenters. The molecule has 0 spiro atoms. The molecule has 0 radical (unpaired) electrons. The second-order valence-corrected chi connectivity index (χ2v) is 9.39. The van der Waals surface area contributed by atoms with Crippen LogP contribution in [0.3, 0.4) is 0 Å². The number of aromatic nitrogens is 2. The monoisotopic (exact) mass is 408 g/mol. The van der Waals surface area contributed by atoms with Crippen LogP contribution < -0.4 is 20.9 Å². The van der Waals surface area contributed by atoms with Crippen molar-refractivity contribution in [2.45, 2.75) is 44.9 Å². The maximum atomic E-state index is 12.2. The number of anilines is 2. The van der Waals surface area contributed by atoms with Gasteiger partial charge in [-0.15, -0.1) is 0 Å². The van der Waals surface area contributed by atoms with Crippen LogP contribution >= 0.6 is 0 Å². The quantitative estimate of drug-likeness (QED) is 0.714. The van der Waals surface area contributed by atoms with Crippen molar-refractivity contribution < 1.29 is 17.9 Å². The zero-order valence-electron chi connectivity index (χ0n) is 17.1. The standard InChI is InChI=1S/C19H28N4O4S/c1-10(2)7-13-17(18(20)23-19(21)22-13)27-14-9-16(28(6,24)25)15(26-5)8-12(14)11(3)4/h8-11H,7H2,1-6H3,(H4,20,21,22,23). The summed E-state index contributed by atoms with van der Waals surface area (Å²) in [5.41, 5.74) is 13.1. The van der Waals surface area contributed by atoms with Gasteiger partial charge in [0.1, 0.15) is 16.4 Å². The Balaban J connectivity index is 2.69. The third-order valence-corrected chi connectivity index (χ3v) is 5.23. The zero-order chi connectivity index (χ0) is 21.2. The van der Waals surface area contributed by atoms with E-state index >= 15 is 0 Å². The van der Waals surface area contributed by atoms with E-state index < -0.39 is 9.84 Å². The normalized spacial score (nSPS) is 11.9. The molecule has 0 aliphatic heterocycles. The van der Waals surface area contributed by atoms with E-state index in [2.05, 4.69) is 9.97 Å². The van der Waals surface area contributed by atoms with Crippen LogP contribution in [0.2, 0.25) is 0 Å². The van der Waals surface area contributed by atoms with Gasteiger partial charge in [0.2, 0.25) is 5.95 Å². The van der Waals surface area contributed by atoms with E-state index in [4.69, 9.17) is 20.9 Å². The van der Waals surface area contributed by atoms with E-state index in [-0.39, 0.29) is 40.0 Å². The molecule has 0 bridgehead atoms. The molecule has 0 fully saturated rings. The SMILES string of the molecule is COc1cc(C(C)C)c(Oc2c(N)nc(N)nc2CC(C)C)cc1S(C)(=O)=O. The van der Waals surface area contributed by atoms with Gasteiger partial charge in [-0.3, -0.25) is 0 Å². The van der Waals surface area contributed by atoms with Crippen LogP contribution in [0.5, 0.6) is 17.2 Å². The number of hydrogen-bond donors (Lipinski definition) is 2. The Morgan fingerprint density at radius 3 is 2.21 bits per heavy atom. The van der Waals surface area contributed by atoms with E-state index in [0.717, 1.165) is 11.8 Å². The van der Waals surface area contributed by atoms with Crippen LogP contribution in [-0.2, 0) is 16.3 Å². The summed E-state index contributed by atoms with van der Waals surface area (Å²) >= 11 is 0. The molecule has 9 heteroatoms. The van der Waals surface area contributed by atoms with Crippen molar-refractivity contribution in [2.24, 2.45) is 5.92 Å². The molecule has 2 rings (SSSR count). The van der Waals surface area contributed by atoms with Crippen LogP contribution in [-0.4, -0.2) is 31.8 Å². The summed E-state index contributed by atoms with van der Waals surface area (Å²) in [6, 6.07) is 3.13. The molecule has 1 aromatic carbocycles. The van der Waals surface area contributed by atoms with Gasteiger partial charge in [0.25, 0.3) is 0 Å². The fraction of sp³-hybridized carbons (Fsp3) is 0.474. The Morgan fingerprint density at radius 2 is 1.71 bits per heavy atom. The molecule has 0 amide bonds.